The van der Waals surface area contributed by atoms with Gasteiger partial charge in [-0.25, -0.2) is 4.79 Å². The number of fused-ring (bicyclic) bond motifs is 1. The van der Waals surface area contributed by atoms with Crippen LogP contribution < -0.4 is 0 Å². The first kappa shape index (κ1) is 11.3. The lowest BCUT2D eigenvalue weighted by Gasteiger charge is -2.43. The lowest BCUT2D eigenvalue weighted by molar-refractivity contribution is -0.169. The molecule has 0 aromatic rings. The molecule has 0 saturated heterocycles. The molecule has 17 heavy (non-hydrogen) atoms. The minimum Gasteiger partial charge on any atom is -0.456 e. The maximum absolute atomic E-state index is 11.7. The van der Waals surface area contributed by atoms with Crippen molar-refractivity contribution >= 4 is 5.97 Å². The molecule has 3 aliphatic rings. The largest absolute Gasteiger partial charge is 0.456 e. The number of carbonyl (C=O) groups excluding carboxylic acids is 1. The highest BCUT2D eigenvalue weighted by Gasteiger charge is 2.71. The first-order chi connectivity index (χ1) is 7.76. The van der Waals surface area contributed by atoms with Crippen LogP contribution >= 0.6 is 0 Å². The van der Waals surface area contributed by atoms with E-state index < -0.39 is 11.2 Å². The summed E-state index contributed by atoms with van der Waals surface area (Å²) in [5.74, 6) is 0.355. The Bertz CT molecular complexity index is 412. The molecule has 3 saturated carbocycles. The quantitative estimate of drug-likeness (QED) is 0.590. The van der Waals surface area contributed by atoms with E-state index in [9.17, 15) is 9.90 Å². The van der Waals surface area contributed by atoms with Crippen LogP contribution in [-0.2, 0) is 9.53 Å². The zero-order valence-corrected chi connectivity index (χ0v) is 10.6. The van der Waals surface area contributed by atoms with Gasteiger partial charge in [-0.2, -0.15) is 0 Å². The first-order valence-corrected chi connectivity index (χ1v) is 6.37. The van der Waals surface area contributed by atoms with Crippen molar-refractivity contribution in [1.82, 2.24) is 0 Å². The van der Waals surface area contributed by atoms with Gasteiger partial charge < -0.3 is 9.84 Å². The van der Waals surface area contributed by atoms with E-state index in [0.29, 0.717) is 17.9 Å². The zero-order valence-electron chi connectivity index (χ0n) is 10.6. The van der Waals surface area contributed by atoms with Crippen molar-refractivity contribution in [1.29, 1.82) is 0 Å². The van der Waals surface area contributed by atoms with Crippen LogP contribution in [0.3, 0.4) is 0 Å². The van der Waals surface area contributed by atoms with Gasteiger partial charge in [0.2, 0.25) is 0 Å². The van der Waals surface area contributed by atoms with Crippen LogP contribution in [0.5, 0.6) is 0 Å². The van der Waals surface area contributed by atoms with Crippen LogP contribution in [0.1, 0.15) is 46.0 Å². The van der Waals surface area contributed by atoms with Gasteiger partial charge in [0.05, 0.1) is 5.60 Å². The van der Waals surface area contributed by atoms with Crippen LogP contribution in [0, 0.1) is 11.3 Å². The minimum atomic E-state index is -0.682. The van der Waals surface area contributed by atoms with Crippen molar-refractivity contribution in [3.63, 3.8) is 0 Å². The normalized spacial score (nSPS) is 50.6. The van der Waals surface area contributed by atoms with E-state index in [1.807, 2.05) is 6.92 Å². The van der Waals surface area contributed by atoms with Crippen molar-refractivity contribution in [3.8, 4) is 0 Å². The smallest absolute Gasteiger partial charge is 0.333 e. The van der Waals surface area contributed by atoms with E-state index in [1.165, 1.54) is 6.42 Å². The molecule has 0 amide bonds. The Labute approximate surface area is 102 Å². The standard InChI is InChI=1S/C14H20O3/c1-9(2)11(15)17-14-5-10-4-13(10,8-14)6-12(3,16)7-14/h10,16H,1,4-8H2,2-3H3. The van der Waals surface area contributed by atoms with Gasteiger partial charge in [0.1, 0.15) is 5.60 Å². The van der Waals surface area contributed by atoms with E-state index in [-0.39, 0.29) is 11.4 Å². The Hall–Kier alpha value is -0.830. The first-order valence-electron chi connectivity index (χ1n) is 6.37. The van der Waals surface area contributed by atoms with E-state index in [2.05, 4.69) is 6.58 Å². The van der Waals surface area contributed by atoms with Crippen LogP contribution in [0.2, 0.25) is 0 Å². The van der Waals surface area contributed by atoms with Gasteiger partial charge in [-0.1, -0.05) is 6.58 Å². The maximum atomic E-state index is 11.7. The molecule has 2 bridgehead atoms. The molecule has 94 valence electrons. The van der Waals surface area contributed by atoms with Crippen LogP contribution in [-0.4, -0.2) is 22.3 Å². The van der Waals surface area contributed by atoms with E-state index >= 15 is 0 Å². The summed E-state index contributed by atoms with van der Waals surface area (Å²) in [6.45, 7) is 7.17. The van der Waals surface area contributed by atoms with Gasteiger partial charge in [0, 0.05) is 12.0 Å². The predicted octanol–water partition coefficient (Wildman–Crippen LogP) is 2.19. The molecule has 0 aromatic heterocycles. The Kier molecular flexibility index (Phi) is 1.95. The Morgan fingerprint density at radius 2 is 2.06 bits per heavy atom. The number of hydrogen-bond acceptors (Lipinski definition) is 3. The van der Waals surface area contributed by atoms with Crippen molar-refractivity contribution in [3.05, 3.63) is 12.2 Å². The molecule has 3 fully saturated rings. The van der Waals surface area contributed by atoms with Crippen molar-refractivity contribution in [2.24, 2.45) is 11.3 Å². The average molecular weight is 236 g/mol. The van der Waals surface area contributed by atoms with E-state index in [4.69, 9.17) is 4.74 Å². The number of ether oxygens (including phenoxy) is 1. The molecule has 0 radical (unpaired) electrons. The van der Waals surface area contributed by atoms with Gasteiger partial charge in [-0.05, 0) is 50.9 Å². The topological polar surface area (TPSA) is 46.5 Å². The molecular weight excluding hydrogens is 216 g/mol. The summed E-state index contributed by atoms with van der Waals surface area (Å²) in [6, 6.07) is 0. The summed E-state index contributed by atoms with van der Waals surface area (Å²) in [7, 11) is 0. The fourth-order valence-electron chi connectivity index (χ4n) is 4.43. The zero-order chi connectivity index (χ0) is 12.5. The lowest BCUT2D eigenvalue weighted by atomic mass is 9.72. The molecule has 0 aromatic carbocycles. The molecule has 0 heterocycles. The van der Waals surface area contributed by atoms with Gasteiger partial charge >= 0.3 is 5.97 Å². The average Bonchev–Trinajstić information content (AvgIpc) is 2.65. The highest BCUT2D eigenvalue weighted by atomic mass is 16.6. The number of carbonyl (C=O) groups is 1. The van der Waals surface area contributed by atoms with Crippen molar-refractivity contribution in [2.75, 3.05) is 0 Å². The lowest BCUT2D eigenvalue weighted by Crippen LogP contribution is -2.47. The van der Waals surface area contributed by atoms with Crippen LogP contribution in [0.25, 0.3) is 0 Å². The second-order valence-electron chi connectivity index (χ2n) is 6.85. The monoisotopic (exact) mass is 236 g/mol. The second-order valence-corrected chi connectivity index (χ2v) is 6.85. The molecule has 1 spiro atoms. The highest BCUT2D eigenvalue weighted by molar-refractivity contribution is 5.87. The predicted molar refractivity (Wildman–Crippen MR) is 63.3 cm³/mol. The number of aliphatic hydroxyl groups is 1. The highest BCUT2D eigenvalue weighted by Crippen LogP contribution is 2.74. The van der Waals surface area contributed by atoms with Crippen molar-refractivity contribution < 1.29 is 14.6 Å². The summed E-state index contributed by atoms with van der Waals surface area (Å²) >= 11 is 0. The molecule has 4 atom stereocenters. The fraction of sp³-hybridized carbons (Fsp3) is 0.786. The molecule has 3 heteroatoms. The summed E-state index contributed by atoms with van der Waals surface area (Å²) in [5, 5.41) is 10.4. The van der Waals surface area contributed by atoms with Crippen LogP contribution in [0.4, 0.5) is 0 Å². The summed E-state index contributed by atoms with van der Waals surface area (Å²) in [6.07, 6.45) is 4.53. The summed E-state index contributed by atoms with van der Waals surface area (Å²) in [5.41, 5.74) is -0.379. The van der Waals surface area contributed by atoms with E-state index in [0.717, 1.165) is 19.3 Å². The van der Waals surface area contributed by atoms with Gasteiger partial charge in [-0.15, -0.1) is 0 Å². The summed E-state index contributed by atoms with van der Waals surface area (Å²) in [4.78, 5) is 11.7. The molecule has 4 unspecified atom stereocenters. The second kappa shape index (κ2) is 2.94. The number of esters is 1. The molecule has 1 N–H and O–H groups in total. The third-order valence-corrected chi connectivity index (χ3v) is 4.75. The van der Waals surface area contributed by atoms with Crippen molar-refractivity contribution in [2.45, 2.75) is 57.2 Å². The van der Waals surface area contributed by atoms with Gasteiger partial charge in [0.25, 0.3) is 0 Å². The molecule has 3 nitrogen and oxygen atoms in total. The van der Waals surface area contributed by atoms with Gasteiger partial charge in [-0.3, -0.25) is 0 Å². The molecule has 3 aliphatic carbocycles. The van der Waals surface area contributed by atoms with Crippen LogP contribution in [0.15, 0.2) is 12.2 Å². The summed E-state index contributed by atoms with van der Waals surface area (Å²) < 4.78 is 5.66. The fourth-order valence-corrected chi connectivity index (χ4v) is 4.43. The Morgan fingerprint density at radius 3 is 2.71 bits per heavy atom. The third-order valence-electron chi connectivity index (χ3n) is 4.75. The Morgan fingerprint density at radius 1 is 1.35 bits per heavy atom. The third kappa shape index (κ3) is 1.63. The van der Waals surface area contributed by atoms with E-state index in [1.54, 1.807) is 6.92 Å². The Balaban J connectivity index is 1.84. The molecule has 0 aliphatic heterocycles. The van der Waals surface area contributed by atoms with Gasteiger partial charge in [0.15, 0.2) is 0 Å². The number of hydrogen-bond donors (Lipinski definition) is 1. The number of rotatable bonds is 2. The maximum Gasteiger partial charge on any atom is 0.333 e. The minimum absolute atomic E-state index is 0.275. The SMILES string of the molecule is C=C(C)C(=O)OC12CC3CC3(CC(C)(O)C1)C2. The molecule has 3 rings (SSSR count). The molecular formula is C14H20O3.